The first-order chi connectivity index (χ1) is 15.2. The van der Waals surface area contributed by atoms with Crippen molar-refractivity contribution < 1.29 is 18.4 Å². The number of H-pyrrole nitrogens is 1. The molecule has 3 aromatic rings. The van der Waals surface area contributed by atoms with E-state index in [2.05, 4.69) is 20.5 Å². The van der Waals surface area contributed by atoms with E-state index in [9.17, 15) is 18.4 Å². The Bertz CT molecular complexity index is 1160. The molecule has 2 amide bonds. The Morgan fingerprint density at radius 2 is 2.03 bits per heavy atom. The van der Waals surface area contributed by atoms with Crippen LogP contribution in [0.25, 0.3) is 10.9 Å². The number of aromatic nitrogens is 3. The van der Waals surface area contributed by atoms with Gasteiger partial charge in [-0.25, -0.2) is 9.37 Å². The first-order valence-electron chi connectivity index (χ1n) is 10.6. The number of amides is 2. The zero-order valence-corrected chi connectivity index (χ0v) is 18.1. The van der Waals surface area contributed by atoms with Gasteiger partial charge in [-0.2, -0.15) is 9.49 Å². The molecule has 1 aliphatic rings. The Balaban J connectivity index is 1.71. The summed E-state index contributed by atoms with van der Waals surface area (Å²) in [5.74, 6) is -1.53. The topological polar surface area (TPSA) is 91.0 Å². The minimum absolute atomic E-state index is 0.0463. The van der Waals surface area contributed by atoms with Crippen LogP contribution in [0.5, 0.6) is 0 Å². The SMILES string of the molecule is CC(=O)N1C[C@H](F)C[C@H]1C(=O)N[C@@H](c1ccc2cn[nH]c2c1)c1ccc(C(C)C)c(F)n1. The molecule has 2 aromatic heterocycles. The number of carbonyl (C=O) groups is 2. The molecule has 7 nitrogen and oxygen atoms in total. The molecule has 2 N–H and O–H groups in total. The molecule has 3 atom stereocenters. The number of hydrogen-bond acceptors (Lipinski definition) is 4. The lowest BCUT2D eigenvalue weighted by molar-refractivity contribution is -0.137. The molecule has 0 radical (unpaired) electrons. The summed E-state index contributed by atoms with van der Waals surface area (Å²) in [5, 5.41) is 10.6. The van der Waals surface area contributed by atoms with Crippen LogP contribution in [-0.2, 0) is 9.59 Å². The van der Waals surface area contributed by atoms with Crippen LogP contribution < -0.4 is 5.32 Å². The first kappa shape index (κ1) is 21.9. The van der Waals surface area contributed by atoms with E-state index in [1.165, 1.54) is 11.8 Å². The number of pyridine rings is 1. The number of likely N-dealkylation sites (tertiary alicyclic amines) is 1. The second-order valence-electron chi connectivity index (χ2n) is 8.45. The summed E-state index contributed by atoms with van der Waals surface area (Å²) in [6.07, 6.45) is 0.328. The van der Waals surface area contributed by atoms with Gasteiger partial charge in [-0.05, 0) is 23.6 Å². The first-order valence-corrected chi connectivity index (χ1v) is 10.6. The van der Waals surface area contributed by atoms with E-state index in [-0.39, 0.29) is 24.8 Å². The lowest BCUT2D eigenvalue weighted by atomic mass is 9.99. The summed E-state index contributed by atoms with van der Waals surface area (Å²) in [6.45, 7) is 4.93. The average Bonchev–Trinajstić information content (AvgIpc) is 3.37. The van der Waals surface area contributed by atoms with E-state index in [1.54, 1.807) is 30.5 Å². The molecule has 9 heteroatoms. The van der Waals surface area contributed by atoms with Crippen LogP contribution in [0, 0.1) is 5.95 Å². The minimum atomic E-state index is -1.27. The van der Waals surface area contributed by atoms with Gasteiger partial charge in [-0.15, -0.1) is 0 Å². The third-order valence-electron chi connectivity index (χ3n) is 5.86. The van der Waals surface area contributed by atoms with E-state index in [0.29, 0.717) is 16.8 Å². The highest BCUT2D eigenvalue weighted by atomic mass is 19.1. The van der Waals surface area contributed by atoms with Crippen molar-refractivity contribution in [1.82, 2.24) is 25.4 Å². The maximum absolute atomic E-state index is 14.7. The second kappa shape index (κ2) is 8.64. The van der Waals surface area contributed by atoms with Gasteiger partial charge in [0.2, 0.25) is 17.8 Å². The number of rotatable bonds is 5. The van der Waals surface area contributed by atoms with Crippen LogP contribution in [0.15, 0.2) is 36.5 Å². The van der Waals surface area contributed by atoms with Crippen LogP contribution >= 0.6 is 0 Å². The number of nitrogens with zero attached hydrogens (tertiary/aromatic N) is 3. The van der Waals surface area contributed by atoms with Crippen molar-refractivity contribution >= 4 is 22.7 Å². The van der Waals surface area contributed by atoms with Gasteiger partial charge in [0.05, 0.1) is 30.0 Å². The smallest absolute Gasteiger partial charge is 0.243 e. The molecule has 0 spiro atoms. The minimum Gasteiger partial charge on any atom is -0.342 e. The Labute approximate surface area is 184 Å². The lowest BCUT2D eigenvalue weighted by Gasteiger charge is -2.26. The van der Waals surface area contributed by atoms with Crippen molar-refractivity contribution in [2.45, 2.75) is 51.4 Å². The number of hydrogen-bond donors (Lipinski definition) is 2. The largest absolute Gasteiger partial charge is 0.342 e. The lowest BCUT2D eigenvalue weighted by Crippen LogP contribution is -2.46. The Morgan fingerprint density at radius 1 is 1.25 bits per heavy atom. The van der Waals surface area contributed by atoms with Gasteiger partial charge in [0.1, 0.15) is 12.2 Å². The fraction of sp³-hybridized carbons (Fsp3) is 0.391. The maximum Gasteiger partial charge on any atom is 0.243 e. The molecule has 4 rings (SSSR count). The number of fused-ring (bicyclic) bond motifs is 1. The van der Waals surface area contributed by atoms with Crippen molar-refractivity contribution in [3.8, 4) is 0 Å². The Morgan fingerprint density at radius 3 is 2.72 bits per heavy atom. The summed E-state index contributed by atoms with van der Waals surface area (Å²) in [7, 11) is 0. The molecule has 0 unspecified atom stereocenters. The quantitative estimate of drug-likeness (QED) is 0.594. The van der Waals surface area contributed by atoms with Gasteiger partial charge in [0.25, 0.3) is 0 Å². The highest BCUT2D eigenvalue weighted by Crippen LogP contribution is 2.28. The average molecular weight is 441 g/mol. The summed E-state index contributed by atoms with van der Waals surface area (Å²) in [6, 6.07) is 7.05. The summed E-state index contributed by atoms with van der Waals surface area (Å²) >= 11 is 0. The molecule has 168 valence electrons. The predicted molar refractivity (Wildman–Crippen MR) is 115 cm³/mol. The number of alkyl halides is 1. The van der Waals surface area contributed by atoms with Crippen LogP contribution in [0.1, 0.15) is 56.0 Å². The molecule has 0 aliphatic carbocycles. The number of carbonyl (C=O) groups excluding carboxylic acids is 2. The Kier molecular flexibility index (Phi) is 5.90. The van der Waals surface area contributed by atoms with Crippen molar-refractivity contribution in [3.63, 3.8) is 0 Å². The predicted octanol–water partition coefficient (Wildman–Crippen LogP) is 3.38. The molecule has 0 saturated carbocycles. The fourth-order valence-electron chi connectivity index (χ4n) is 4.13. The molecule has 1 fully saturated rings. The van der Waals surface area contributed by atoms with Crippen LogP contribution in [0.4, 0.5) is 8.78 Å². The standard InChI is InChI=1S/C23H25F2N5O2/c1-12(2)17-6-7-18(27-22(17)25)21(14-4-5-15-10-26-29-19(15)8-14)28-23(32)20-9-16(24)11-30(20)13(3)31/h4-8,10,12,16,20-21H,9,11H2,1-3H3,(H,26,29)(H,28,32)/t16-,20+,21+/m1/s1. The summed E-state index contributed by atoms with van der Waals surface area (Å²) < 4.78 is 28.7. The van der Waals surface area contributed by atoms with Crippen molar-refractivity contribution in [1.29, 1.82) is 0 Å². The van der Waals surface area contributed by atoms with E-state index in [0.717, 1.165) is 10.9 Å². The highest BCUT2D eigenvalue weighted by molar-refractivity contribution is 5.88. The van der Waals surface area contributed by atoms with Crippen molar-refractivity contribution in [3.05, 3.63) is 59.3 Å². The van der Waals surface area contributed by atoms with E-state index in [4.69, 9.17) is 0 Å². The van der Waals surface area contributed by atoms with E-state index in [1.807, 2.05) is 19.9 Å². The molecule has 1 saturated heterocycles. The summed E-state index contributed by atoms with van der Waals surface area (Å²) in [4.78, 5) is 30.4. The highest BCUT2D eigenvalue weighted by Gasteiger charge is 2.39. The normalized spacial score (nSPS) is 19.5. The van der Waals surface area contributed by atoms with Gasteiger partial charge >= 0.3 is 0 Å². The molecular formula is C23H25F2N5O2. The molecule has 1 aliphatic heterocycles. The van der Waals surface area contributed by atoms with Crippen LogP contribution in [-0.4, -0.2) is 50.7 Å². The van der Waals surface area contributed by atoms with E-state index < -0.39 is 30.1 Å². The van der Waals surface area contributed by atoms with Crippen molar-refractivity contribution in [2.24, 2.45) is 0 Å². The van der Waals surface area contributed by atoms with Gasteiger partial charge < -0.3 is 10.2 Å². The molecule has 1 aromatic carbocycles. The van der Waals surface area contributed by atoms with Crippen LogP contribution in [0.2, 0.25) is 0 Å². The van der Waals surface area contributed by atoms with Crippen LogP contribution in [0.3, 0.4) is 0 Å². The van der Waals surface area contributed by atoms with Gasteiger partial charge in [-0.3, -0.25) is 14.7 Å². The molecule has 32 heavy (non-hydrogen) atoms. The van der Waals surface area contributed by atoms with Crippen molar-refractivity contribution in [2.75, 3.05) is 6.54 Å². The number of nitrogens with one attached hydrogen (secondary N) is 2. The van der Waals surface area contributed by atoms with Gasteiger partial charge in [-0.1, -0.05) is 32.0 Å². The number of halogens is 2. The molecule has 0 bridgehead atoms. The fourth-order valence-corrected chi connectivity index (χ4v) is 4.13. The zero-order valence-electron chi connectivity index (χ0n) is 18.1. The monoisotopic (exact) mass is 441 g/mol. The number of benzene rings is 1. The third kappa shape index (κ3) is 4.19. The van der Waals surface area contributed by atoms with Gasteiger partial charge in [0, 0.05) is 24.3 Å². The Hall–Kier alpha value is -3.36. The number of aromatic amines is 1. The van der Waals surface area contributed by atoms with Gasteiger partial charge in [0.15, 0.2) is 0 Å². The molecular weight excluding hydrogens is 416 g/mol. The second-order valence-corrected chi connectivity index (χ2v) is 8.45. The zero-order chi connectivity index (χ0) is 23.0. The maximum atomic E-state index is 14.7. The van der Waals surface area contributed by atoms with E-state index >= 15 is 0 Å². The summed E-state index contributed by atoms with van der Waals surface area (Å²) in [5.41, 5.74) is 2.18. The third-order valence-corrected chi connectivity index (χ3v) is 5.86. The molecule has 3 heterocycles.